The van der Waals surface area contributed by atoms with E-state index in [2.05, 4.69) is 21.4 Å². The molecular formula is C17H20F2N4OS. The first-order valence-corrected chi connectivity index (χ1v) is 9.38. The number of carbonyl (C=O) groups is 1. The molecule has 4 rings (SSSR count). The number of halogens is 2. The Hall–Kier alpha value is -1.80. The van der Waals surface area contributed by atoms with Crippen LogP contribution in [0.2, 0.25) is 0 Å². The molecule has 0 saturated carbocycles. The third kappa shape index (κ3) is 3.46. The summed E-state index contributed by atoms with van der Waals surface area (Å²) in [7, 11) is 0. The van der Waals surface area contributed by atoms with Gasteiger partial charge >= 0.3 is 0 Å². The second kappa shape index (κ2) is 6.49. The summed E-state index contributed by atoms with van der Waals surface area (Å²) in [5.74, 6) is -2.75. The van der Waals surface area contributed by atoms with Gasteiger partial charge in [0.2, 0.25) is 5.91 Å². The van der Waals surface area contributed by atoms with Crippen LogP contribution in [-0.4, -0.2) is 51.0 Å². The van der Waals surface area contributed by atoms with E-state index in [1.165, 1.54) is 5.56 Å². The highest BCUT2D eigenvalue weighted by Gasteiger charge is 2.39. The Morgan fingerprint density at radius 2 is 2.12 bits per heavy atom. The fourth-order valence-electron chi connectivity index (χ4n) is 3.57. The first kappa shape index (κ1) is 16.7. The third-order valence-electron chi connectivity index (χ3n) is 4.94. The average molecular weight is 366 g/mol. The zero-order chi connectivity index (χ0) is 17.4. The Kier molecular flexibility index (Phi) is 4.33. The quantitative estimate of drug-likeness (QED) is 0.839. The number of thiophene rings is 1. The molecule has 5 nitrogen and oxygen atoms in total. The first-order chi connectivity index (χ1) is 12.0. The van der Waals surface area contributed by atoms with Crippen molar-refractivity contribution in [3.63, 3.8) is 0 Å². The highest BCUT2D eigenvalue weighted by Crippen LogP contribution is 2.30. The number of piperidine rings is 1. The van der Waals surface area contributed by atoms with Crippen molar-refractivity contribution in [2.45, 2.75) is 37.9 Å². The minimum Gasteiger partial charge on any atom is -0.340 e. The van der Waals surface area contributed by atoms with Gasteiger partial charge in [0.15, 0.2) is 0 Å². The predicted molar refractivity (Wildman–Crippen MR) is 90.5 cm³/mol. The van der Waals surface area contributed by atoms with E-state index in [9.17, 15) is 13.6 Å². The summed E-state index contributed by atoms with van der Waals surface area (Å²) in [4.78, 5) is 16.8. The van der Waals surface area contributed by atoms with Gasteiger partial charge in [-0.05, 0) is 28.5 Å². The fraction of sp³-hybridized carbons (Fsp3) is 0.529. The van der Waals surface area contributed by atoms with Gasteiger partial charge in [0.1, 0.15) is 6.04 Å². The van der Waals surface area contributed by atoms with Crippen LogP contribution in [0.1, 0.15) is 30.1 Å². The van der Waals surface area contributed by atoms with Crippen LogP contribution >= 0.6 is 11.3 Å². The molecular weight excluding hydrogens is 346 g/mol. The van der Waals surface area contributed by atoms with Gasteiger partial charge in [0.25, 0.3) is 5.92 Å². The SMILES string of the molecule is O=C(C1CN(Cc2ccsc2)Cc2ccnn21)N1CCC(F)(F)CC1. The van der Waals surface area contributed by atoms with Crippen molar-refractivity contribution in [1.29, 1.82) is 0 Å². The summed E-state index contributed by atoms with van der Waals surface area (Å²) in [6, 6.07) is 3.56. The Labute approximate surface area is 148 Å². The van der Waals surface area contributed by atoms with Crippen LogP contribution < -0.4 is 0 Å². The molecule has 1 unspecified atom stereocenters. The fourth-order valence-corrected chi connectivity index (χ4v) is 4.23. The number of hydrogen-bond acceptors (Lipinski definition) is 4. The van der Waals surface area contributed by atoms with Gasteiger partial charge in [-0.2, -0.15) is 16.4 Å². The molecule has 2 aliphatic rings. The zero-order valence-corrected chi connectivity index (χ0v) is 14.6. The van der Waals surface area contributed by atoms with E-state index in [4.69, 9.17) is 0 Å². The second-order valence-corrected chi connectivity index (χ2v) is 7.55. The lowest BCUT2D eigenvalue weighted by Gasteiger charge is -2.38. The van der Waals surface area contributed by atoms with E-state index < -0.39 is 12.0 Å². The molecule has 0 N–H and O–H groups in total. The molecule has 0 aliphatic carbocycles. The molecule has 4 heterocycles. The summed E-state index contributed by atoms with van der Waals surface area (Å²) in [6.45, 7) is 2.29. The number of hydrogen-bond donors (Lipinski definition) is 0. The van der Waals surface area contributed by atoms with Crippen molar-refractivity contribution in [3.8, 4) is 0 Å². The van der Waals surface area contributed by atoms with Gasteiger partial charge in [0.05, 0.1) is 5.69 Å². The molecule has 1 atom stereocenters. The number of carbonyl (C=O) groups excluding carboxylic acids is 1. The molecule has 0 radical (unpaired) electrons. The van der Waals surface area contributed by atoms with Crippen LogP contribution in [0.5, 0.6) is 0 Å². The normalized spacial score (nSPS) is 23.4. The van der Waals surface area contributed by atoms with Crippen molar-refractivity contribution in [1.82, 2.24) is 19.6 Å². The summed E-state index contributed by atoms with van der Waals surface area (Å²) in [5, 5.41) is 8.46. The van der Waals surface area contributed by atoms with Crippen LogP contribution in [-0.2, 0) is 17.9 Å². The molecule has 2 aromatic heterocycles. The van der Waals surface area contributed by atoms with Gasteiger partial charge in [-0.25, -0.2) is 8.78 Å². The zero-order valence-electron chi connectivity index (χ0n) is 13.8. The van der Waals surface area contributed by atoms with Crippen LogP contribution in [0.4, 0.5) is 8.78 Å². The van der Waals surface area contributed by atoms with E-state index in [0.717, 1.165) is 18.8 Å². The van der Waals surface area contributed by atoms with Crippen LogP contribution in [0, 0.1) is 0 Å². The lowest BCUT2D eigenvalue weighted by Crippen LogP contribution is -2.50. The van der Waals surface area contributed by atoms with Gasteiger partial charge in [-0.15, -0.1) is 0 Å². The molecule has 2 aliphatic heterocycles. The van der Waals surface area contributed by atoms with Crippen LogP contribution in [0.3, 0.4) is 0 Å². The minimum atomic E-state index is -2.65. The molecule has 134 valence electrons. The molecule has 2 aromatic rings. The number of nitrogens with zero attached hydrogens (tertiary/aromatic N) is 4. The van der Waals surface area contributed by atoms with E-state index in [1.54, 1.807) is 27.1 Å². The lowest BCUT2D eigenvalue weighted by molar-refractivity contribution is -0.142. The monoisotopic (exact) mass is 366 g/mol. The smallest absolute Gasteiger partial charge is 0.251 e. The second-order valence-electron chi connectivity index (χ2n) is 6.77. The highest BCUT2D eigenvalue weighted by atomic mass is 32.1. The van der Waals surface area contributed by atoms with E-state index in [-0.39, 0.29) is 31.8 Å². The average Bonchev–Trinajstić information content (AvgIpc) is 3.25. The molecule has 0 aromatic carbocycles. The number of aromatic nitrogens is 2. The van der Waals surface area contributed by atoms with E-state index in [1.807, 2.05) is 11.4 Å². The number of fused-ring (bicyclic) bond motifs is 1. The Balaban J connectivity index is 1.51. The summed E-state index contributed by atoms with van der Waals surface area (Å²) >= 11 is 1.65. The molecule has 8 heteroatoms. The summed E-state index contributed by atoms with van der Waals surface area (Å²) in [5.41, 5.74) is 2.21. The predicted octanol–water partition coefficient (Wildman–Crippen LogP) is 2.76. The minimum absolute atomic E-state index is 0.101. The molecule has 1 amide bonds. The van der Waals surface area contributed by atoms with Crippen LogP contribution in [0.15, 0.2) is 29.1 Å². The van der Waals surface area contributed by atoms with Crippen molar-refractivity contribution in [2.24, 2.45) is 0 Å². The Morgan fingerprint density at radius 3 is 2.84 bits per heavy atom. The maximum atomic E-state index is 13.4. The first-order valence-electron chi connectivity index (χ1n) is 8.44. The van der Waals surface area contributed by atoms with Gasteiger partial charge in [0, 0.05) is 51.8 Å². The number of alkyl halides is 2. The van der Waals surface area contributed by atoms with Crippen molar-refractivity contribution < 1.29 is 13.6 Å². The number of likely N-dealkylation sites (tertiary alicyclic amines) is 1. The number of rotatable bonds is 3. The number of amides is 1. The van der Waals surface area contributed by atoms with Gasteiger partial charge < -0.3 is 4.90 Å². The topological polar surface area (TPSA) is 41.4 Å². The molecule has 25 heavy (non-hydrogen) atoms. The summed E-state index contributed by atoms with van der Waals surface area (Å²) in [6.07, 6.45) is 1.19. The standard InChI is InChI=1S/C17H20F2N4OS/c18-17(19)3-6-22(7-4-17)16(24)15-11-21(9-13-2-8-25-12-13)10-14-1-5-20-23(14)15/h1-2,5,8,12,15H,3-4,6-7,9-11H2. The molecule has 0 spiro atoms. The Morgan fingerprint density at radius 1 is 1.32 bits per heavy atom. The van der Waals surface area contributed by atoms with E-state index in [0.29, 0.717) is 6.54 Å². The van der Waals surface area contributed by atoms with E-state index >= 15 is 0 Å². The van der Waals surface area contributed by atoms with Crippen molar-refractivity contribution in [2.75, 3.05) is 19.6 Å². The highest BCUT2D eigenvalue weighted by molar-refractivity contribution is 7.07. The largest absolute Gasteiger partial charge is 0.340 e. The summed E-state index contributed by atoms with van der Waals surface area (Å²) < 4.78 is 28.5. The Bertz CT molecular complexity index is 736. The van der Waals surface area contributed by atoms with Gasteiger partial charge in [-0.3, -0.25) is 14.4 Å². The lowest BCUT2D eigenvalue weighted by atomic mass is 10.0. The van der Waals surface area contributed by atoms with Gasteiger partial charge in [-0.1, -0.05) is 0 Å². The molecule has 1 fully saturated rings. The van der Waals surface area contributed by atoms with Crippen molar-refractivity contribution in [3.05, 3.63) is 40.3 Å². The maximum absolute atomic E-state index is 13.4. The third-order valence-corrected chi connectivity index (χ3v) is 5.67. The maximum Gasteiger partial charge on any atom is 0.251 e. The van der Waals surface area contributed by atoms with Crippen LogP contribution in [0.25, 0.3) is 0 Å². The molecule has 1 saturated heterocycles. The van der Waals surface area contributed by atoms with Crippen molar-refractivity contribution >= 4 is 17.2 Å². The molecule has 0 bridgehead atoms.